The average Bonchev–Trinajstić information content (AvgIpc) is 3.09. The normalized spacial score (nSPS) is 13.4. The minimum atomic E-state index is -0.458. The van der Waals surface area contributed by atoms with Gasteiger partial charge in [-0.25, -0.2) is 4.90 Å². The molecule has 0 spiro atoms. The minimum absolute atomic E-state index is 0.152. The van der Waals surface area contributed by atoms with Crippen LogP contribution in [0.4, 0.5) is 11.4 Å². The van der Waals surface area contributed by atoms with Gasteiger partial charge in [0.2, 0.25) is 0 Å². The highest BCUT2D eigenvalue weighted by molar-refractivity contribution is 6.46. The summed E-state index contributed by atoms with van der Waals surface area (Å²) in [7, 11) is 3.09. The lowest BCUT2D eigenvalue weighted by Gasteiger charge is -2.16. The van der Waals surface area contributed by atoms with E-state index in [0.29, 0.717) is 40.8 Å². The predicted molar refractivity (Wildman–Crippen MR) is 127 cm³/mol. The zero-order valence-corrected chi connectivity index (χ0v) is 18.6. The summed E-state index contributed by atoms with van der Waals surface area (Å²) in [5.41, 5.74) is 2.01. The number of amides is 2. The summed E-state index contributed by atoms with van der Waals surface area (Å²) >= 11 is 0. The van der Waals surface area contributed by atoms with E-state index in [1.54, 1.807) is 73.8 Å². The molecule has 3 aromatic carbocycles. The van der Waals surface area contributed by atoms with E-state index in [1.165, 1.54) is 12.0 Å². The lowest BCUT2D eigenvalue weighted by Crippen LogP contribution is -2.32. The number of benzene rings is 3. The van der Waals surface area contributed by atoms with E-state index in [0.717, 1.165) is 0 Å². The van der Waals surface area contributed by atoms with E-state index in [4.69, 9.17) is 14.2 Å². The highest BCUT2D eigenvalue weighted by Gasteiger charge is 2.40. The number of nitrogens with one attached hydrogen (secondary N) is 1. The van der Waals surface area contributed by atoms with Crippen LogP contribution in [0.2, 0.25) is 0 Å². The van der Waals surface area contributed by atoms with Gasteiger partial charge in [0.25, 0.3) is 11.8 Å². The first kappa shape index (κ1) is 22.0. The van der Waals surface area contributed by atoms with Crippen LogP contribution in [0, 0.1) is 0 Å². The van der Waals surface area contributed by atoms with Gasteiger partial charge in [0.15, 0.2) is 0 Å². The number of anilines is 2. The highest BCUT2D eigenvalue weighted by Crippen LogP contribution is 2.37. The molecule has 0 atom stereocenters. The average molecular weight is 444 g/mol. The molecule has 0 unspecified atom stereocenters. The number of carbonyl (C=O) groups excluding carboxylic acids is 2. The molecule has 33 heavy (non-hydrogen) atoms. The number of para-hydroxylation sites is 1. The Kier molecular flexibility index (Phi) is 6.31. The van der Waals surface area contributed by atoms with Crippen molar-refractivity contribution in [1.29, 1.82) is 0 Å². The first-order chi connectivity index (χ1) is 16.1. The second-order valence-corrected chi connectivity index (χ2v) is 7.18. The number of hydrogen-bond donors (Lipinski definition) is 1. The maximum absolute atomic E-state index is 13.5. The standard InChI is InChI=1S/C26H24N2O5/c1-4-33-19-12-10-17(11-13-19)23-24(27-21-16-20(31-2)14-15-22(21)32-3)26(30)28(25(23)29)18-8-6-5-7-9-18/h5-16,27H,4H2,1-3H3. The van der Waals surface area contributed by atoms with Gasteiger partial charge in [-0.2, -0.15) is 0 Å². The van der Waals surface area contributed by atoms with Crippen LogP contribution in [-0.2, 0) is 9.59 Å². The third-order valence-electron chi connectivity index (χ3n) is 5.22. The Morgan fingerprint density at radius 2 is 1.52 bits per heavy atom. The van der Waals surface area contributed by atoms with E-state index in [9.17, 15) is 9.59 Å². The molecule has 1 aliphatic heterocycles. The molecule has 0 aliphatic carbocycles. The monoisotopic (exact) mass is 444 g/mol. The molecule has 1 heterocycles. The zero-order chi connectivity index (χ0) is 23.4. The van der Waals surface area contributed by atoms with Gasteiger partial charge in [-0.1, -0.05) is 30.3 Å². The van der Waals surface area contributed by atoms with E-state index >= 15 is 0 Å². The van der Waals surface area contributed by atoms with Crippen LogP contribution in [0.1, 0.15) is 12.5 Å². The number of rotatable bonds is 8. The van der Waals surface area contributed by atoms with Gasteiger partial charge in [-0.05, 0) is 48.9 Å². The molecule has 7 nitrogen and oxygen atoms in total. The van der Waals surface area contributed by atoms with Crippen molar-refractivity contribution in [3.8, 4) is 17.2 Å². The van der Waals surface area contributed by atoms with Crippen molar-refractivity contribution in [2.24, 2.45) is 0 Å². The van der Waals surface area contributed by atoms with E-state index in [1.807, 2.05) is 13.0 Å². The fraction of sp³-hybridized carbons (Fsp3) is 0.154. The van der Waals surface area contributed by atoms with E-state index in [-0.39, 0.29) is 11.3 Å². The van der Waals surface area contributed by atoms with Crippen LogP contribution < -0.4 is 24.4 Å². The number of nitrogens with zero attached hydrogens (tertiary/aromatic N) is 1. The Labute approximate surface area is 192 Å². The number of imide groups is 1. The Balaban J connectivity index is 1.82. The first-order valence-corrected chi connectivity index (χ1v) is 10.5. The summed E-state index contributed by atoms with van der Waals surface area (Å²) in [6, 6.07) is 21.1. The number of hydrogen-bond acceptors (Lipinski definition) is 6. The molecule has 0 radical (unpaired) electrons. The van der Waals surface area contributed by atoms with Crippen molar-refractivity contribution >= 4 is 28.8 Å². The van der Waals surface area contributed by atoms with Crippen molar-refractivity contribution in [2.75, 3.05) is 31.0 Å². The molecule has 7 heteroatoms. The molecule has 0 aromatic heterocycles. The molecule has 4 rings (SSSR count). The Bertz CT molecular complexity index is 1200. The summed E-state index contributed by atoms with van der Waals surface area (Å²) in [6.07, 6.45) is 0. The lowest BCUT2D eigenvalue weighted by molar-refractivity contribution is -0.120. The van der Waals surface area contributed by atoms with Gasteiger partial charge in [0, 0.05) is 6.07 Å². The van der Waals surface area contributed by atoms with Crippen LogP contribution in [0.25, 0.3) is 5.57 Å². The fourth-order valence-corrected chi connectivity index (χ4v) is 3.66. The van der Waals surface area contributed by atoms with Crippen molar-refractivity contribution in [1.82, 2.24) is 0 Å². The van der Waals surface area contributed by atoms with Gasteiger partial charge < -0.3 is 19.5 Å². The predicted octanol–water partition coefficient (Wildman–Crippen LogP) is 4.50. The molecule has 1 N–H and O–H groups in total. The summed E-state index contributed by atoms with van der Waals surface area (Å²) in [5, 5.41) is 3.13. The Morgan fingerprint density at radius 3 is 2.15 bits per heavy atom. The van der Waals surface area contributed by atoms with Crippen molar-refractivity contribution < 1.29 is 23.8 Å². The topological polar surface area (TPSA) is 77.1 Å². The van der Waals surface area contributed by atoms with E-state index in [2.05, 4.69) is 5.32 Å². The van der Waals surface area contributed by atoms with Crippen LogP contribution >= 0.6 is 0 Å². The smallest absolute Gasteiger partial charge is 0.282 e. The molecule has 1 aliphatic rings. The lowest BCUT2D eigenvalue weighted by atomic mass is 10.0. The molecule has 0 saturated heterocycles. The van der Waals surface area contributed by atoms with Crippen LogP contribution in [0.3, 0.4) is 0 Å². The number of carbonyl (C=O) groups is 2. The van der Waals surface area contributed by atoms with Gasteiger partial charge in [0.1, 0.15) is 22.9 Å². The second kappa shape index (κ2) is 9.48. The van der Waals surface area contributed by atoms with Crippen LogP contribution in [0.15, 0.2) is 78.5 Å². The third kappa shape index (κ3) is 4.25. The van der Waals surface area contributed by atoms with Crippen molar-refractivity contribution in [3.63, 3.8) is 0 Å². The summed E-state index contributed by atoms with van der Waals surface area (Å²) in [6.45, 7) is 2.43. The molecule has 0 fully saturated rings. The highest BCUT2D eigenvalue weighted by atomic mass is 16.5. The zero-order valence-electron chi connectivity index (χ0n) is 18.6. The van der Waals surface area contributed by atoms with Crippen LogP contribution in [-0.4, -0.2) is 32.6 Å². The molecule has 0 bridgehead atoms. The Hall–Kier alpha value is -4.26. The molecule has 3 aromatic rings. The van der Waals surface area contributed by atoms with Crippen molar-refractivity contribution in [3.05, 3.63) is 84.1 Å². The van der Waals surface area contributed by atoms with Crippen molar-refractivity contribution in [2.45, 2.75) is 6.92 Å². The summed E-state index contributed by atoms with van der Waals surface area (Å²) < 4.78 is 16.3. The fourth-order valence-electron chi connectivity index (χ4n) is 3.66. The number of methoxy groups -OCH3 is 2. The van der Waals surface area contributed by atoms with Gasteiger partial charge in [-0.3, -0.25) is 9.59 Å². The number of ether oxygens (including phenoxy) is 3. The molecular formula is C26H24N2O5. The SMILES string of the molecule is CCOc1ccc(C2=C(Nc3cc(OC)ccc3OC)C(=O)N(c3ccccc3)C2=O)cc1. The maximum Gasteiger partial charge on any atom is 0.282 e. The van der Waals surface area contributed by atoms with Gasteiger partial charge in [0.05, 0.1) is 37.8 Å². The molecule has 168 valence electrons. The molecular weight excluding hydrogens is 420 g/mol. The second-order valence-electron chi connectivity index (χ2n) is 7.18. The first-order valence-electron chi connectivity index (χ1n) is 10.5. The van der Waals surface area contributed by atoms with Crippen LogP contribution in [0.5, 0.6) is 17.2 Å². The minimum Gasteiger partial charge on any atom is -0.497 e. The van der Waals surface area contributed by atoms with Gasteiger partial charge in [-0.15, -0.1) is 0 Å². The summed E-state index contributed by atoms with van der Waals surface area (Å²) in [5.74, 6) is 0.896. The quantitative estimate of drug-likeness (QED) is 0.516. The van der Waals surface area contributed by atoms with Gasteiger partial charge >= 0.3 is 0 Å². The molecule has 2 amide bonds. The maximum atomic E-state index is 13.5. The largest absolute Gasteiger partial charge is 0.497 e. The summed E-state index contributed by atoms with van der Waals surface area (Å²) in [4.78, 5) is 28.2. The Morgan fingerprint density at radius 1 is 0.818 bits per heavy atom. The van der Waals surface area contributed by atoms with E-state index < -0.39 is 11.8 Å². The third-order valence-corrected chi connectivity index (χ3v) is 5.22. The molecule has 0 saturated carbocycles.